The van der Waals surface area contributed by atoms with Crippen LogP contribution in [-0.2, 0) is 16.6 Å². The zero-order valence-corrected chi connectivity index (χ0v) is 16.3. The first-order chi connectivity index (χ1) is 12.1. The van der Waals surface area contributed by atoms with Crippen molar-refractivity contribution in [2.75, 3.05) is 5.32 Å². The van der Waals surface area contributed by atoms with E-state index in [4.69, 9.17) is 0 Å². The fourth-order valence-electron chi connectivity index (χ4n) is 3.40. The van der Waals surface area contributed by atoms with Crippen LogP contribution in [0.25, 0.3) is 0 Å². The van der Waals surface area contributed by atoms with Crippen LogP contribution in [0.4, 0.5) is 5.69 Å². The molecule has 2 heterocycles. The molecule has 0 radical (unpaired) electrons. The summed E-state index contributed by atoms with van der Waals surface area (Å²) < 4.78 is 1.93. The fraction of sp³-hybridized carbons (Fsp3) is 0.100. The molecule has 3 nitrogen and oxygen atoms in total. The van der Waals surface area contributed by atoms with Crippen molar-refractivity contribution >= 4 is 43.5 Å². The lowest BCUT2D eigenvalue weighted by Crippen LogP contribution is -2.38. The van der Waals surface area contributed by atoms with Crippen LogP contribution in [0.3, 0.4) is 0 Å². The van der Waals surface area contributed by atoms with E-state index >= 15 is 0 Å². The summed E-state index contributed by atoms with van der Waals surface area (Å²) >= 11 is 7.02. The maximum atomic E-state index is 13.2. The van der Waals surface area contributed by atoms with Gasteiger partial charge in [-0.3, -0.25) is 9.78 Å². The summed E-state index contributed by atoms with van der Waals surface area (Å²) in [5.41, 5.74) is 2.87. The lowest BCUT2D eigenvalue weighted by atomic mass is 9.72. The number of hydrogen-bond donors (Lipinski definition) is 1. The van der Waals surface area contributed by atoms with Crippen molar-refractivity contribution in [3.63, 3.8) is 0 Å². The monoisotopic (exact) mass is 456 g/mol. The van der Waals surface area contributed by atoms with E-state index in [0.29, 0.717) is 6.42 Å². The van der Waals surface area contributed by atoms with Crippen molar-refractivity contribution in [2.45, 2.75) is 11.8 Å². The molecule has 0 saturated heterocycles. The van der Waals surface area contributed by atoms with Crippen LogP contribution in [0.1, 0.15) is 16.8 Å². The molecular weight excluding hydrogens is 444 g/mol. The summed E-state index contributed by atoms with van der Waals surface area (Å²) in [5.74, 6) is -0.0198. The van der Waals surface area contributed by atoms with Crippen LogP contribution in [0, 0.1) is 0 Å². The van der Waals surface area contributed by atoms with E-state index < -0.39 is 5.41 Å². The number of pyridine rings is 1. The van der Waals surface area contributed by atoms with E-state index in [1.54, 1.807) is 6.20 Å². The molecule has 3 aromatic rings. The summed E-state index contributed by atoms with van der Waals surface area (Å²) in [4.78, 5) is 17.6. The molecular formula is C20H14Br2N2O. The Labute approximate surface area is 162 Å². The molecule has 1 aliphatic rings. The van der Waals surface area contributed by atoms with Crippen molar-refractivity contribution in [1.82, 2.24) is 4.98 Å². The van der Waals surface area contributed by atoms with Gasteiger partial charge >= 0.3 is 0 Å². The first kappa shape index (κ1) is 16.5. The van der Waals surface area contributed by atoms with Crippen LogP contribution in [0.15, 0.2) is 75.8 Å². The minimum Gasteiger partial charge on any atom is -0.325 e. The minimum atomic E-state index is -0.797. The average Bonchev–Trinajstić information content (AvgIpc) is 2.89. The van der Waals surface area contributed by atoms with E-state index in [0.717, 1.165) is 31.5 Å². The highest BCUT2D eigenvalue weighted by Crippen LogP contribution is 2.46. The molecule has 0 aliphatic carbocycles. The second-order valence-corrected chi connectivity index (χ2v) is 7.89. The van der Waals surface area contributed by atoms with Gasteiger partial charge in [-0.25, -0.2) is 0 Å². The number of anilines is 1. The number of halogens is 2. The smallest absolute Gasteiger partial charge is 0.239 e. The zero-order valence-electron chi connectivity index (χ0n) is 13.2. The average molecular weight is 458 g/mol. The van der Waals surface area contributed by atoms with Gasteiger partial charge in [0.1, 0.15) is 5.41 Å². The van der Waals surface area contributed by atoms with Gasteiger partial charge in [0.25, 0.3) is 0 Å². The second-order valence-electron chi connectivity index (χ2n) is 6.05. The molecule has 4 rings (SSSR count). The van der Waals surface area contributed by atoms with Crippen molar-refractivity contribution < 1.29 is 4.79 Å². The number of carbonyl (C=O) groups excluding carboxylic acids is 1. The number of nitrogens with zero attached hydrogens (tertiary/aromatic N) is 1. The van der Waals surface area contributed by atoms with Crippen molar-refractivity contribution in [3.05, 3.63) is 92.6 Å². The van der Waals surface area contributed by atoms with E-state index in [-0.39, 0.29) is 5.91 Å². The maximum Gasteiger partial charge on any atom is 0.239 e. The van der Waals surface area contributed by atoms with E-state index in [1.165, 1.54) is 0 Å². The largest absolute Gasteiger partial charge is 0.325 e. The fourth-order valence-corrected chi connectivity index (χ4v) is 4.03. The number of rotatable bonds is 3. The molecule has 1 N–H and O–H groups in total. The number of carbonyl (C=O) groups is 1. The number of hydrogen-bond acceptors (Lipinski definition) is 2. The van der Waals surface area contributed by atoms with Crippen LogP contribution in [-0.4, -0.2) is 10.9 Å². The number of amides is 1. The molecule has 0 bridgehead atoms. The third kappa shape index (κ3) is 2.81. The van der Waals surface area contributed by atoms with Crippen molar-refractivity contribution in [1.29, 1.82) is 0 Å². The van der Waals surface area contributed by atoms with Crippen molar-refractivity contribution in [3.8, 4) is 0 Å². The van der Waals surface area contributed by atoms with Gasteiger partial charge in [-0.05, 0) is 53.6 Å². The molecule has 25 heavy (non-hydrogen) atoms. The van der Waals surface area contributed by atoms with Gasteiger partial charge in [0.2, 0.25) is 5.91 Å². The predicted octanol–water partition coefficient (Wildman–Crippen LogP) is 5.09. The zero-order chi connectivity index (χ0) is 17.4. The number of fused-ring (bicyclic) bond motifs is 1. The molecule has 0 spiro atoms. The Hall–Kier alpha value is -1.98. The maximum absolute atomic E-state index is 13.2. The molecule has 1 atom stereocenters. The quantitative estimate of drug-likeness (QED) is 0.595. The van der Waals surface area contributed by atoms with Crippen molar-refractivity contribution in [2.24, 2.45) is 0 Å². The van der Waals surface area contributed by atoms with Gasteiger partial charge in [0, 0.05) is 32.9 Å². The molecule has 1 amide bonds. The summed E-state index contributed by atoms with van der Waals surface area (Å²) in [7, 11) is 0. The summed E-state index contributed by atoms with van der Waals surface area (Å²) in [6.07, 6.45) is 2.27. The predicted molar refractivity (Wildman–Crippen MR) is 106 cm³/mol. The molecule has 0 saturated carbocycles. The molecule has 0 fully saturated rings. The normalized spacial score (nSPS) is 18.7. The molecule has 1 unspecified atom stereocenters. The molecule has 5 heteroatoms. The Morgan fingerprint density at radius 3 is 2.44 bits per heavy atom. The number of nitrogens with one attached hydrogen (secondary N) is 1. The van der Waals surface area contributed by atoms with Gasteiger partial charge in [-0.15, -0.1) is 0 Å². The topological polar surface area (TPSA) is 42.0 Å². The molecule has 124 valence electrons. The lowest BCUT2D eigenvalue weighted by Gasteiger charge is -2.28. The summed E-state index contributed by atoms with van der Waals surface area (Å²) in [5, 5.41) is 3.05. The van der Waals surface area contributed by atoms with E-state index in [9.17, 15) is 4.79 Å². The van der Waals surface area contributed by atoms with Crippen LogP contribution in [0.5, 0.6) is 0 Å². The Morgan fingerprint density at radius 1 is 0.960 bits per heavy atom. The highest BCUT2D eigenvalue weighted by atomic mass is 79.9. The Bertz CT molecular complexity index is 942. The third-order valence-corrected chi connectivity index (χ3v) is 5.61. The number of aromatic nitrogens is 1. The Balaban J connectivity index is 1.95. The Morgan fingerprint density at radius 2 is 1.72 bits per heavy atom. The van der Waals surface area contributed by atoms with E-state index in [2.05, 4.69) is 42.2 Å². The minimum absolute atomic E-state index is 0.0198. The summed E-state index contributed by atoms with van der Waals surface area (Å²) in [6, 6.07) is 19.7. The molecule has 1 aliphatic heterocycles. The Kier molecular flexibility index (Phi) is 4.21. The van der Waals surface area contributed by atoms with Crippen LogP contribution < -0.4 is 5.32 Å². The van der Waals surface area contributed by atoms with Gasteiger partial charge in [-0.1, -0.05) is 50.1 Å². The summed E-state index contributed by atoms with van der Waals surface area (Å²) in [6.45, 7) is 0. The standard InChI is InChI=1S/C20H14Br2N2O/c21-14-6-4-13(5-7-14)20(12-16-3-1-2-10-23-16)17-11-15(22)8-9-18(17)24-19(20)25/h1-11H,12H2,(H,24,25). The molecule has 1 aromatic heterocycles. The van der Waals surface area contributed by atoms with Crippen LogP contribution in [0.2, 0.25) is 0 Å². The first-order valence-corrected chi connectivity index (χ1v) is 9.46. The van der Waals surface area contributed by atoms with Gasteiger partial charge < -0.3 is 5.32 Å². The van der Waals surface area contributed by atoms with E-state index in [1.807, 2.05) is 60.7 Å². The van der Waals surface area contributed by atoms with Gasteiger partial charge in [-0.2, -0.15) is 0 Å². The van der Waals surface area contributed by atoms with Gasteiger partial charge in [0.15, 0.2) is 0 Å². The highest BCUT2D eigenvalue weighted by Gasteiger charge is 2.48. The highest BCUT2D eigenvalue weighted by molar-refractivity contribution is 9.10. The SMILES string of the molecule is O=C1Nc2ccc(Br)cc2C1(Cc1ccccn1)c1ccc(Br)cc1. The molecule has 2 aromatic carbocycles. The first-order valence-electron chi connectivity index (χ1n) is 7.87. The lowest BCUT2D eigenvalue weighted by molar-refractivity contribution is -0.119. The third-order valence-electron chi connectivity index (χ3n) is 4.59. The van der Waals surface area contributed by atoms with Gasteiger partial charge in [0.05, 0.1) is 0 Å². The second kappa shape index (κ2) is 6.39. The number of benzene rings is 2. The van der Waals surface area contributed by atoms with Crippen LogP contribution >= 0.6 is 31.9 Å².